The van der Waals surface area contributed by atoms with Gasteiger partial charge in [0.05, 0.1) is 45.8 Å². The Labute approximate surface area is 291 Å². The van der Waals surface area contributed by atoms with Gasteiger partial charge in [0.25, 0.3) is 0 Å². The second kappa shape index (κ2) is 12.0. The molecule has 3 aliphatic rings. The molecule has 0 N–H and O–H groups in total. The lowest BCUT2D eigenvalue weighted by atomic mass is 9.98. The van der Waals surface area contributed by atoms with Gasteiger partial charge in [-0.15, -0.1) is 0 Å². The molecule has 3 atom stereocenters. The molecule has 4 aromatic carbocycles. The summed E-state index contributed by atoms with van der Waals surface area (Å²) in [6.45, 7) is 8.58. The first-order valence-electron chi connectivity index (χ1n) is 16.5. The van der Waals surface area contributed by atoms with Gasteiger partial charge < -0.3 is 42.0 Å². The van der Waals surface area contributed by atoms with E-state index in [1.807, 2.05) is 13.8 Å². The van der Waals surface area contributed by atoms with E-state index in [4.69, 9.17) is 42.0 Å². The highest BCUT2D eigenvalue weighted by molar-refractivity contribution is 5.99. The van der Waals surface area contributed by atoms with Crippen LogP contribution in [0.2, 0.25) is 0 Å². The molecule has 262 valence electrons. The maximum absolute atomic E-state index is 13.2. The highest BCUT2D eigenvalue weighted by Gasteiger charge is 2.51. The fraction of sp³-hybridized carbons (Fsp3) is 0.300. The second-order valence-corrected chi connectivity index (χ2v) is 13.1. The second-order valence-electron chi connectivity index (χ2n) is 13.1. The fourth-order valence-electron chi connectivity index (χ4n) is 6.95. The first kappa shape index (κ1) is 32.5. The molecular formula is C40H36O11. The van der Waals surface area contributed by atoms with Crippen LogP contribution in [0.5, 0.6) is 34.5 Å². The molecule has 3 aliphatic heterocycles. The van der Waals surface area contributed by atoms with E-state index in [2.05, 4.69) is 6.58 Å². The normalized spacial score (nSPS) is 19.9. The van der Waals surface area contributed by atoms with Crippen molar-refractivity contribution in [3.05, 3.63) is 92.3 Å². The Morgan fingerprint density at radius 3 is 1.63 bits per heavy atom. The van der Waals surface area contributed by atoms with Crippen LogP contribution in [0.4, 0.5) is 0 Å². The molecule has 0 spiro atoms. The van der Waals surface area contributed by atoms with E-state index in [-0.39, 0.29) is 28.7 Å². The third-order valence-electron chi connectivity index (χ3n) is 9.95. The molecule has 0 bridgehead atoms. The molecule has 1 saturated heterocycles. The van der Waals surface area contributed by atoms with Crippen molar-refractivity contribution in [2.45, 2.75) is 44.5 Å². The topological polar surface area (TPSA) is 128 Å². The van der Waals surface area contributed by atoms with Crippen molar-refractivity contribution < 1.29 is 42.0 Å². The van der Waals surface area contributed by atoms with Crippen molar-refractivity contribution in [2.24, 2.45) is 0 Å². The third-order valence-corrected chi connectivity index (χ3v) is 9.95. The van der Waals surface area contributed by atoms with Crippen LogP contribution in [-0.4, -0.2) is 52.9 Å². The van der Waals surface area contributed by atoms with Crippen LogP contribution in [0.1, 0.15) is 25.0 Å². The van der Waals surface area contributed by atoms with Gasteiger partial charge in [0.15, 0.2) is 22.7 Å². The molecule has 6 aromatic rings. The SMILES string of the molecule is C=C(C)C1Cc2c(cc(OC)c3c(=O)c4cccc(OC)c4oc23)O1.COc1cccc2c(=O)c3c(OC)cc4c(c3oc12)CC(C1(C)CO1)O4. The highest BCUT2D eigenvalue weighted by atomic mass is 16.6. The van der Waals surface area contributed by atoms with E-state index < -0.39 is 0 Å². The first-order chi connectivity index (χ1) is 24.6. The van der Waals surface area contributed by atoms with Crippen LogP contribution in [0.15, 0.2) is 79.1 Å². The van der Waals surface area contributed by atoms with Crippen LogP contribution in [0.25, 0.3) is 43.9 Å². The largest absolute Gasteiger partial charge is 0.496 e. The molecule has 11 heteroatoms. The first-order valence-corrected chi connectivity index (χ1v) is 16.5. The van der Waals surface area contributed by atoms with Gasteiger partial charge in [-0.2, -0.15) is 0 Å². The van der Waals surface area contributed by atoms with Crippen LogP contribution >= 0.6 is 0 Å². The van der Waals surface area contributed by atoms with Crippen LogP contribution < -0.4 is 39.3 Å². The van der Waals surface area contributed by atoms with Crippen molar-refractivity contribution in [3.63, 3.8) is 0 Å². The Kier molecular flexibility index (Phi) is 7.64. The summed E-state index contributed by atoms with van der Waals surface area (Å²) in [4.78, 5) is 26.3. The van der Waals surface area contributed by atoms with E-state index in [0.717, 1.165) is 16.7 Å². The number of fused-ring (bicyclic) bond motifs is 8. The Balaban J connectivity index is 0.000000147. The molecule has 0 aliphatic carbocycles. The number of benzene rings is 4. The number of rotatable bonds is 6. The predicted molar refractivity (Wildman–Crippen MR) is 192 cm³/mol. The summed E-state index contributed by atoms with van der Waals surface area (Å²) < 4.78 is 51.6. The summed E-state index contributed by atoms with van der Waals surface area (Å²) in [5, 5.41) is 1.77. The molecular weight excluding hydrogens is 656 g/mol. The van der Waals surface area contributed by atoms with Gasteiger partial charge in [-0.3, -0.25) is 9.59 Å². The summed E-state index contributed by atoms with van der Waals surface area (Å²) in [6.07, 6.45) is 0.987. The summed E-state index contributed by atoms with van der Waals surface area (Å²) in [7, 11) is 6.17. The molecule has 0 amide bonds. The smallest absolute Gasteiger partial charge is 0.204 e. The van der Waals surface area contributed by atoms with Gasteiger partial charge in [0, 0.05) is 36.1 Å². The van der Waals surface area contributed by atoms with E-state index in [0.29, 0.717) is 97.8 Å². The summed E-state index contributed by atoms with van der Waals surface area (Å²) in [5.74, 6) is 3.26. The number of methoxy groups -OCH3 is 4. The lowest BCUT2D eigenvalue weighted by Gasteiger charge is -2.14. The average Bonchev–Trinajstić information content (AvgIpc) is 3.52. The average molecular weight is 693 g/mol. The van der Waals surface area contributed by atoms with Crippen molar-refractivity contribution in [1.82, 2.24) is 0 Å². The Bertz CT molecular complexity index is 2540. The molecule has 11 nitrogen and oxygen atoms in total. The van der Waals surface area contributed by atoms with Crippen molar-refractivity contribution >= 4 is 43.9 Å². The van der Waals surface area contributed by atoms with Gasteiger partial charge in [0.2, 0.25) is 10.9 Å². The summed E-state index contributed by atoms with van der Waals surface area (Å²) in [5.41, 5.74) is 3.91. The minimum atomic E-state index is -0.284. The standard InChI is InChI=1S/C20H18O6.C20H18O5/c1-20(9-24-20)15-7-11-13(25-15)8-14(23-3)16-17(21)10-5-4-6-12(22-2)18(10)26-19(11)16;1-10(2)14-8-12-15(24-14)9-16(23-4)17-18(21)11-6-5-7-13(22-3)19(11)25-20(12)17/h4-6,8,15H,7,9H2,1-3H3;5-7,9,14H,1,8H2,2-4H3. The van der Waals surface area contributed by atoms with Crippen LogP contribution in [0, 0.1) is 0 Å². The van der Waals surface area contributed by atoms with Gasteiger partial charge >= 0.3 is 0 Å². The minimum Gasteiger partial charge on any atom is -0.496 e. The molecule has 0 radical (unpaired) electrons. The minimum absolute atomic E-state index is 0.105. The van der Waals surface area contributed by atoms with Gasteiger partial charge in [0.1, 0.15) is 62.7 Å². The third kappa shape index (κ3) is 5.05. The zero-order valence-electron chi connectivity index (χ0n) is 29.1. The lowest BCUT2D eigenvalue weighted by molar-refractivity contribution is 0.127. The molecule has 51 heavy (non-hydrogen) atoms. The molecule has 1 fully saturated rings. The van der Waals surface area contributed by atoms with E-state index in [1.165, 1.54) is 14.2 Å². The molecule has 3 unspecified atom stereocenters. The monoisotopic (exact) mass is 692 g/mol. The van der Waals surface area contributed by atoms with Crippen LogP contribution in [0.3, 0.4) is 0 Å². The maximum atomic E-state index is 13.2. The number of para-hydroxylation sites is 2. The molecule has 5 heterocycles. The Morgan fingerprint density at radius 2 is 1.18 bits per heavy atom. The van der Waals surface area contributed by atoms with Gasteiger partial charge in [-0.25, -0.2) is 0 Å². The van der Waals surface area contributed by atoms with Crippen molar-refractivity contribution in [3.8, 4) is 34.5 Å². The van der Waals surface area contributed by atoms with Crippen molar-refractivity contribution in [2.75, 3.05) is 35.0 Å². The van der Waals surface area contributed by atoms with E-state index in [9.17, 15) is 9.59 Å². The quantitative estimate of drug-likeness (QED) is 0.103. The van der Waals surface area contributed by atoms with Gasteiger partial charge in [-0.1, -0.05) is 18.7 Å². The number of ether oxygens (including phenoxy) is 7. The lowest BCUT2D eigenvalue weighted by Crippen LogP contribution is -2.30. The number of hydrogen-bond acceptors (Lipinski definition) is 11. The van der Waals surface area contributed by atoms with Crippen LogP contribution in [-0.2, 0) is 17.6 Å². The zero-order valence-corrected chi connectivity index (χ0v) is 29.1. The zero-order chi connectivity index (χ0) is 35.8. The van der Waals surface area contributed by atoms with Crippen molar-refractivity contribution in [1.29, 1.82) is 0 Å². The maximum Gasteiger partial charge on any atom is 0.204 e. The van der Waals surface area contributed by atoms with E-state index >= 15 is 0 Å². The van der Waals surface area contributed by atoms with E-state index in [1.54, 1.807) is 62.8 Å². The van der Waals surface area contributed by atoms with Gasteiger partial charge in [-0.05, 0) is 43.7 Å². The summed E-state index contributed by atoms with van der Waals surface area (Å²) in [6, 6.07) is 14.1. The Morgan fingerprint density at radius 1 is 0.706 bits per heavy atom. The Hall–Kier alpha value is -5.68. The molecule has 0 saturated carbocycles. The number of epoxide rings is 1. The number of hydrogen-bond donors (Lipinski definition) is 0. The molecule has 2 aromatic heterocycles. The molecule has 9 rings (SSSR count). The fourth-order valence-corrected chi connectivity index (χ4v) is 6.95. The predicted octanol–water partition coefficient (Wildman–Crippen LogP) is 6.90. The summed E-state index contributed by atoms with van der Waals surface area (Å²) >= 11 is 0. The highest BCUT2D eigenvalue weighted by Crippen LogP contribution is 2.46.